The van der Waals surface area contributed by atoms with Crippen molar-refractivity contribution < 1.29 is 0 Å². The number of nitrogens with one attached hydrogen (secondary N) is 1. The zero-order chi connectivity index (χ0) is 31.4. The lowest BCUT2D eigenvalue weighted by Gasteiger charge is -2.09. The van der Waals surface area contributed by atoms with Crippen molar-refractivity contribution in [2.45, 2.75) is 12.8 Å². The maximum atomic E-state index is 4.81. The van der Waals surface area contributed by atoms with Gasteiger partial charge < -0.3 is 5.32 Å². The van der Waals surface area contributed by atoms with Crippen molar-refractivity contribution in [1.29, 1.82) is 0 Å². The molecule has 3 heteroatoms. The van der Waals surface area contributed by atoms with E-state index in [1.165, 1.54) is 27.3 Å². The molecule has 0 bridgehead atoms. The van der Waals surface area contributed by atoms with E-state index in [9.17, 15) is 0 Å². The van der Waals surface area contributed by atoms with Gasteiger partial charge in [-0.2, -0.15) is 0 Å². The average Bonchev–Trinajstić information content (AvgIpc) is 3.44. The lowest BCUT2D eigenvalue weighted by atomic mass is 9.94. The van der Waals surface area contributed by atoms with Crippen LogP contribution < -0.4 is 15.8 Å². The maximum absolute atomic E-state index is 4.81. The van der Waals surface area contributed by atoms with Crippen molar-refractivity contribution in [3.63, 3.8) is 0 Å². The molecule has 2 aliphatic carbocycles. The average molecular weight is 600 g/mol. The highest BCUT2D eigenvalue weighted by Gasteiger charge is 2.11. The van der Waals surface area contributed by atoms with Gasteiger partial charge in [0.15, 0.2) is 0 Å². The van der Waals surface area contributed by atoms with Gasteiger partial charge in [0.05, 0.1) is 0 Å². The predicted molar refractivity (Wildman–Crippen MR) is 194 cm³/mol. The SMILES string of the molecule is C(#Cc1cccc(Nc2cccc(C#Cc3c4c(cc5ccccc35)C=CCC=C4)n2)n1)C1=c2ccccc2=CCc2ccccc21. The standard InChI is InChI=1S/C44H29N3/c1-2-14-33-30-34-15-6-9-21-40(34)42(39(33)18-3-1)29-27-36-17-11-23-44(46-36)47-43-22-10-16-35(45-43)26-28-41-37-19-7-4-12-31(37)24-25-32-13-5-8-20-38(32)41/h2-24,30H,1,25H2,(H,45,46,47). The molecule has 0 atom stereocenters. The number of anilines is 2. The van der Waals surface area contributed by atoms with Crippen LogP contribution in [0.25, 0.3) is 34.6 Å². The number of allylic oxidation sites excluding steroid dienone is 2. The largest absolute Gasteiger partial charge is 0.325 e. The summed E-state index contributed by atoms with van der Waals surface area (Å²) < 4.78 is 0. The zero-order valence-corrected chi connectivity index (χ0v) is 25.7. The summed E-state index contributed by atoms with van der Waals surface area (Å²) in [5.41, 5.74) is 8.17. The Morgan fingerprint density at radius 1 is 0.617 bits per heavy atom. The summed E-state index contributed by atoms with van der Waals surface area (Å²) in [6, 6.07) is 39.3. The molecule has 0 radical (unpaired) electrons. The first kappa shape index (κ1) is 28.1. The van der Waals surface area contributed by atoms with Crippen LogP contribution in [0, 0.1) is 23.7 Å². The fraction of sp³-hybridized carbons (Fsp3) is 0.0455. The van der Waals surface area contributed by atoms with Gasteiger partial charge in [-0.05, 0) is 98.5 Å². The monoisotopic (exact) mass is 599 g/mol. The van der Waals surface area contributed by atoms with Crippen molar-refractivity contribution in [2.24, 2.45) is 0 Å². The second kappa shape index (κ2) is 12.5. The number of hydrogen-bond donors (Lipinski definition) is 1. The van der Waals surface area contributed by atoms with Crippen LogP contribution in [0.1, 0.15) is 45.6 Å². The van der Waals surface area contributed by atoms with Gasteiger partial charge in [0, 0.05) is 11.1 Å². The van der Waals surface area contributed by atoms with Crippen molar-refractivity contribution >= 4 is 46.2 Å². The smallest absolute Gasteiger partial charge is 0.132 e. The highest BCUT2D eigenvalue weighted by atomic mass is 15.1. The van der Waals surface area contributed by atoms with Gasteiger partial charge in [0.1, 0.15) is 23.0 Å². The van der Waals surface area contributed by atoms with E-state index in [0.717, 1.165) is 40.1 Å². The zero-order valence-electron chi connectivity index (χ0n) is 25.7. The van der Waals surface area contributed by atoms with Crippen LogP contribution in [0.5, 0.6) is 0 Å². The minimum Gasteiger partial charge on any atom is -0.325 e. The lowest BCUT2D eigenvalue weighted by Crippen LogP contribution is -2.25. The minimum absolute atomic E-state index is 0.672. The fourth-order valence-electron chi connectivity index (χ4n) is 6.17. The summed E-state index contributed by atoms with van der Waals surface area (Å²) in [6.45, 7) is 0. The molecule has 0 amide bonds. The van der Waals surface area contributed by atoms with Gasteiger partial charge in [-0.1, -0.05) is 127 Å². The Balaban J connectivity index is 1.10. The molecule has 2 heterocycles. The van der Waals surface area contributed by atoms with E-state index in [0.29, 0.717) is 23.0 Å². The first-order chi connectivity index (χ1) is 23.3. The molecule has 1 N–H and O–H groups in total. The van der Waals surface area contributed by atoms with E-state index in [4.69, 9.17) is 9.97 Å². The van der Waals surface area contributed by atoms with Crippen LogP contribution in [0.4, 0.5) is 11.6 Å². The normalized spacial score (nSPS) is 12.6. The molecule has 0 saturated carbocycles. The third-order valence-corrected chi connectivity index (χ3v) is 8.42. The van der Waals surface area contributed by atoms with Crippen LogP contribution in [0.3, 0.4) is 0 Å². The lowest BCUT2D eigenvalue weighted by molar-refractivity contribution is 1.22. The van der Waals surface area contributed by atoms with E-state index >= 15 is 0 Å². The number of pyridine rings is 2. The fourth-order valence-corrected chi connectivity index (χ4v) is 6.17. The molecule has 0 fully saturated rings. The highest BCUT2D eigenvalue weighted by Crippen LogP contribution is 2.29. The van der Waals surface area contributed by atoms with Gasteiger partial charge in [-0.25, -0.2) is 9.97 Å². The predicted octanol–water partition coefficient (Wildman–Crippen LogP) is 7.79. The number of nitrogens with zero attached hydrogens (tertiary/aromatic N) is 2. The molecule has 220 valence electrons. The molecule has 0 aliphatic heterocycles. The number of hydrogen-bond acceptors (Lipinski definition) is 3. The van der Waals surface area contributed by atoms with Crippen LogP contribution >= 0.6 is 0 Å². The Hall–Kier alpha value is -6.42. The molecule has 2 aliphatic rings. The Kier molecular flexibility index (Phi) is 7.48. The maximum Gasteiger partial charge on any atom is 0.132 e. The summed E-state index contributed by atoms with van der Waals surface area (Å²) in [5.74, 6) is 15.0. The molecule has 6 aromatic rings. The van der Waals surface area contributed by atoms with Crippen LogP contribution in [-0.2, 0) is 6.42 Å². The van der Waals surface area contributed by atoms with Gasteiger partial charge >= 0.3 is 0 Å². The molecule has 0 spiro atoms. The van der Waals surface area contributed by atoms with E-state index in [1.54, 1.807) is 0 Å². The number of rotatable bonds is 2. The quantitative estimate of drug-likeness (QED) is 0.207. The third-order valence-electron chi connectivity index (χ3n) is 8.42. The molecule has 3 nitrogen and oxygen atoms in total. The van der Waals surface area contributed by atoms with Crippen molar-refractivity contribution in [3.05, 3.63) is 177 Å². The molecule has 0 saturated heterocycles. The third kappa shape index (κ3) is 5.87. The topological polar surface area (TPSA) is 37.8 Å². The van der Waals surface area contributed by atoms with E-state index in [-0.39, 0.29) is 0 Å². The first-order valence-electron chi connectivity index (χ1n) is 15.8. The molecular weight excluding hydrogens is 571 g/mol. The van der Waals surface area contributed by atoms with Gasteiger partial charge in [0.2, 0.25) is 0 Å². The van der Waals surface area contributed by atoms with Gasteiger partial charge in [-0.3, -0.25) is 0 Å². The number of fused-ring (bicyclic) bond motifs is 4. The van der Waals surface area contributed by atoms with E-state index < -0.39 is 0 Å². The molecule has 0 unspecified atom stereocenters. The minimum atomic E-state index is 0.672. The van der Waals surface area contributed by atoms with Gasteiger partial charge in [0.25, 0.3) is 0 Å². The first-order valence-corrected chi connectivity index (χ1v) is 15.8. The summed E-state index contributed by atoms with van der Waals surface area (Å²) in [7, 11) is 0. The Morgan fingerprint density at radius 3 is 2.21 bits per heavy atom. The Bertz CT molecular complexity index is 2510. The number of benzene rings is 4. The number of aromatic nitrogens is 2. The summed E-state index contributed by atoms with van der Waals surface area (Å²) in [5, 5.41) is 8.03. The molecular formula is C44H29N3. The Morgan fingerprint density at radius 2 is 1.34 bits per heavy atom. The molecule has 47 heavy (non-hydrogen) atoms. The van der Waals surface area contributed by atoms with Crippen LogP contribution in [-0.4, -0.2) is 9.97 Å². The summed E-state index contributed by atoms with van der Waals surface area (Å²) in [4.78, 5) is 9.61. The summed E-state index contributed by atoms with van der Waals surface area (Å²) in [6.07, 6.45) is 12.8. The van der Waals surface area contributed by atoms with E-state index in [1.807, 2.05) is 36.4 Å². The van der Waals surface area contributed by atoms with E-state index in [2.05, 4.69) is 138 Å². The van der Waals surface area contributed by atoms with Crippen molar-refractivity contribution in [1.82, 2.24) is 9.97 Å². The van der Waals surface area contributed by atoms with Crippen LogP contribution in [0.15, 0.2) is 127 Å². The molecule has 4 aromatic carbocycles. The van der Waals surface area contributed by atoms with Crippen molar-refractivity contribution in [2.75, 3.05) is 5.32 Å². The summed E-state index contributed by atoms with van der Waals surface area (Å²) >= 11 is 0. The van der Waals surface area contributed by atoms with Crippen molar-refractivity contribution in [3.8, 4) is 23.7 Å². The van der Waals surface area contributed by atoms with Crippen LogP contribution in [0.2, 0.25) is 0 Å². The van der Waals surface area contributed by atoms with Gasteiger partial charge in [-0.15, -0.1) is 0 Å². The second-order valence-electron chi connectivity index (χ2n) is 11.5. The Labute approximate surface area is 274 Å². The molecule has 2 aromatic heterocycles. The second-order valence-corrected chi connectivity index (χ2v) is 11.5. The highest BCUT2D eigenvalue weighted by molar-refractivity contribution is 5.95. The molecule has 8 rings (SSSR count).